The first-order chi connectivity index (χ1) is 8.45. The number of nitro groups is 1. The molecule has 0 fully saturated rings. The van der Waals surface area contributed by atoms with E-state index in [1.165, 1.54) is 0 Å². The maximum Gasteiger partial charge on any atom is 0.295 e. The van der Waals surface area contributed by atoms with E-state index in [0.29, 0.717) is 6.42 Å². The molecule has 0 bridgehead atoms. The van der Waals surface area contributed by atoms with Gasteiger partial charge in [-0.05, 0) is 12.5 Å². The third kappa shape index (κ3) is 3.82. The fourth-order valence-corrected chi connectivity index (χ4v) is 1.66. The molecule has 18 heavy (non-hydrogen) atoms. The Morgan fingerprint density at radius 1 is 1.61 bits per heavy atom. The summed E-state index contributed by atoms with van der Waals surface area (Å²) in [6.07, 6.45) is 0.767. The van der Waals surface area contributed by atoms with Gasteiger partial charge in [-0.1, -0.05) is 24.9 Å². The van der Waals surface area contributed by atoms with Crippen molar-refractivity contribution in [3.63, 3.8) is 0 Å². The van der Waals surface area contributed by atoms with Gasteiger partial charge in [0.15, 0.2) is 0 Å². The second kappa shape index (κ2) is 6.51. The van der Waals surface area contributed by atoms with Crippen LogP contribution in [0.25, 0.3) is 0 Å². The molecule has 0 radical (unpaired) electrons. The molecule has 0 aliphatic heterocycles. The van der Waals surface area contributed by atoms with Crippen LogP contribution in [0.5, 0.6) is 0 Å². The zero-order chi connectivity index (χ0) is 13.7. The van der Waals surface area contributed by atoms with Gasteiger partial charge in [0.1, 0.15) is 11.5 Å². The maximum absolute atomic E-state index is 13.1. The molecule has 0 aromatic heterocycles. The second-order valence-electron chi connectivity index (χ2n) is 3.86. The first-order valence-corrected chi connectivity index (χ1v) is 5.88. The van der Waals surface area contributed by atoms with Crippen LogP contribution >= 0.6 is 11.6 Å². The fraction of sp³-hybridized carbons (Fsp3) is 0.455. The van der Waals surface area contributed by atoms with Crippen molar-refractivity contribution in [2.24, 2.45) is 0 Å². The van der Waals surface area contributed by atoms with Crippen LogP contribution < -0.4 is 5.32 Å². The lowest BCUT2D eigenvalue weighted by Gasteiger charge is -2.12. The van der Waals surface area contributed by atoms with Gasteiger partial charge < -0.3 is 10.4 Å². The maximum atomic E-state index is 13.1. The smallest absolute Gasteiger partial charge is 0.295 e. The predicted molar refractivity (Wildman–Crippen MR) is 67.5 cm³/mol. The molecule has 100 valence electrons. The molecule has 0 saturated heterocycles. The minimum absolute atomic E-state index is 0.0987. The monoisotopic (exact) mass is 276 g/mol. The number of halogens is 2. The molecule has 1 aromatic rings. The van der Waals surface area contributed by atoms with E-state index in [9.17, 15) is 19.6 Å². The fourth-order valence-electron chi connectivity index (χ4n) is 1.49. The summed E-state index contributed by atoms with van der Waals surface area (Å²) in [5.41, 5.74) is -0.304. The van der Waals surface area contributed by atoms with Crippen LogP contribution in [0.3, 0.4) is 0 Å². The highest BCUT2D eigenvalue weighted by Gasteiger charge is 2.18. The van der Waals surface area contributed by atoms with Crippen LogP contribution in [-0.4, -0.2) is 22.7 Å². The Morgan fingerprint density at radius 3 is 2.83 bits per heavy atom. The van der Waals surface area contributed by atoms with E-state index in [1.54, 1.807) is 0 Å². The van der Waals surface area contributed by atoms with Gasteiger partial charge >= 0.3 is 0 Å². The highest BCUT2D eigenvalue weighted by molar-refractivity contribution is 6.31. The number of nitrogens with zero attached hydrogens (tertiary/aromatic N) is 1. The topological polar surface area (TPSA) is 75.4 Å². The summed E-state index contributed by atoms with van der Waals surface area (Å²) in [5.74, 6) is -0.844. The Hall–Kier alpha value is -1.40. The zero-order valence-corrected chi connectivity index (χ0v) is 10.6. The van der Waals surface area contributed by atoms with Crippen molar-refractivity contribution in [1.29, 1.82) is 0 Å². The molecule has 7 heteroatoms. The number of aliphatic hydroxyl groups excluding tert-OH is 1. The molecule has 1 aromatic carbocycles. The summed E-state index contributed by atoms with van der Waals surface area (Å²) >= 11 is 5.57. The average molecular weight is 277 g/mol. The standard InChI is InChI=1S/C11H14ClFN2O3/c1-2-3-7(16)6-14-10-4-8(12)9(13)5-11(10)15(17)18/h4-5,7,14,16H,2-3,6H2,1H3. The average Bonchev–Trinajstić information content (AvgIpc) is 2.30. The highest BCUT2D eigenvalue weighted by Crippen LogP contribution is 2.30. The first-order valence-electron chi connectivity index (χ1n) is 5.51. The predicted octanol–water partition coefficient (Wildman–Crippen LogP) is 2.96. The summed E-state index contributed by atoms with van der Waals surface area (Å²) in [7, 11) is 0. The molecule has 5 nitrogen and oxygen atoms in total. The summed E-state index contributed by atoms with van der Waals surface area (Å²) < 4.78 is 13.1. The Balaban J connectivity index is 2.86. The van der Waals surface area contributed by atoms with Gasteiger partial charge in [0, 0.05) is 6.54 Å². The van der Waals surface area contributed by atoms with Crippen LogP contribution in [0, 0.1) is 15.9 Å². The van der Waals surface area contributed by atoms with Crippen molar-refractivity contribution in [1.82, 2.24) is 0 Å². The van der Waals surface area contributed by atoms with Gasteiger partial charge in [-0.2, -0.15) is 0 Å². The molecule has 0 saturated carbocycles. The minimum Gasteiger partial charge on any atom is -0.391 e. The quantitative estimate of drug-likeness (QED) is 0.619. The lowest BCUT2D eigenvalue weighted by atomic mass is 10.2. The number of nitrogens with one attached hydrogen (secondary N) is 1. The van der Waals surface area contributed by atoms with Crippen LogP contribution in [0.15, 0.2) is 12.1 Å². The van der Waals surface area contributed by atoms with Crippen LogP contribution in [0.4, 0.5) is 15.8 Å². The summed E-state index contributed by atoms with van der Waals surface area (Å²) in [6, 6.07) is 1.91. The van der Waals surface area contributed by atoms with Gasteiger partial charge in [0.25, 0.3) is 5.69 Å². The van der Waals surface area contributed by atoms with E-state index in [4.69, 9.17) is 11.6 Å². The van der Waals surface area contributed by atoms with Gasteiger partial charge in [0.2, 0.25) is 0 Å². The van der Waals surface area contributed by atoms with Crippen LogP contribution in [0.1, 0.15) is 19.8 Å². The zero-order valence-electron chi connectivity index (χ0n) is 9.82. The number of aliphatic hydroxyl groups is 1. The second-order valence-corrected chi connectivity index (χ2v) is 4.27. The Kier molecular flexibility index (Phi) is 5.30. The molecule has 1 unspecified atom stereocenters. The number of hydrogen-bond donors (Lipinski definition) is 2. The lowest BCUT2D eigenvalue weighted by molar-refractivity contribution is -0.384. The molecule has 0 spiro atoms. The van der Waals surface area contributed by atoms with E-state index >= 15 is 0 Å². The van der Waals surface area contributed by atoms with Crippen LogP contribution in [0.2, 0.25) is 5.02 Å². The normalized spacial score (nSPS) is 12.2. The third-order valence-corrected chi connectivity index (χ3v) is 2.67. The van der Waals surface area contributed by atoms with Crippen molar-refractivity contribution in [2.75, 3.05) is 11.9 Å². The Labute approximate surface area is 109 Å². The highest BCUT2D eigenvalue weighted by atomic mass is 35.5. The molecule has 1 rings (SSSR count). The van der Waals surface area contributed by atoms with Crippen LogP contribution in [-0.2, 0) is 0 Å². The van der Waals surface area contributed by atoms with Crippen molar-refractivity contribution in [3.8, 4) is 0 Å². The van der Waals surface area contributed by atoms with Gasteiger partial charge in [-0.25, -0.2) is 4.39 Å². The number of rotatable bonds is 6. The molecule has 0 heterocycles. The Bertz CT molecular complexity index is 443. The summed E-state index contributed by atoms with van der Waals surface area (Å²) in [5, 5.41) is 22.8. The van der Waals surface area contributed by atoms with E-state index in [1.807, 2.05) is 6.92 Å². The Morgan fingerprint density at radius 2 is 2.28 bits per heavy atom. The van der Waals surface area contributed by atoms with E-state index in [2.05, 4.69) is 5.32 Å². The molecule has 0 aliphatic carbocycles. The number of hydrogen-bond acceptors (Lipinski definition) is 4. The van der Waals surface area contributed by atoms with Gasteiger partial charge in [-0.15, -0.1) is 0 Å². The number of benzene rings is 1. The molecule has 0 amide bonds. The minimum atomic E-state index is -0.844. The molecular weight excluding hydrogens is 263 g/mol. The van der Waals surface area contributed by atoms with E-state index in [0.717, 1.165) is 18.6 Å². The van der Waals surface area contributed by atoms with Crippen molar-refractivity contribution >= 4 is 23.0 Å². The SMILES string of the molecule is CCCC(O)CNc1cc(Cl)c(F)cc1[N+](=O)[O-]. The van der Waals surface area contributed by atoms with Crippen molar-refractivity contribution in [2.45, 2.75) is 25.9 Å². The van der Waals surface area contributed by atoms with E-state index < -0.39 is 22.5 Å². The number of nitro benzene ring substituents is 1. The summed E-state index contributed by atoms with van der Waals surface area (Å²) in [4.78, 5) is 10.0. The molecule has 2 N–H and O–H groups in total. The third-order valence-electron chi connectivity index (χ3n) is 2.39. The van der Waals surface area contributed by atoms with Crippen molar-refractivity contribution in [3.05, 3.63) is 33.1 Å². The molecule has 0 aliphatic rings. The molecule has 1 atom stereocenters. The first kappa shape index (κ1) is 14.7. The van der Waals surface area contributed by atoms with E-state index in [-0.39, 0.29) is 17.3 Å². The number of anilines is 1. The molecular formula is C11H14ClFN2O3. The van der Waals surface area contributed by atoms with Gasteiger partial charge in [0.05, 0.1) is 22.1 Å². The van der Waals surface area contributed by atoms with Crippen molar-refractivity contribution < 1.29 is 14.4 Å². The lowest BCUT2D eigenvalue weighted by Crippen LogP contribution is -2.19. The largest absolute Gasteiger partial charge is 0.391 e. The van der Waals surface area contributed by atoms with Gasteiger partial charge in [-0.3, -0.25) is 10.1 Å². The summed E-state index contributed by atoms with van der Waals surface area (Å²) in [6.45, 7) is 2.07.